The second kappa shape index (κ2) is 9.05. The lowest BCUT2D eigenvalue weighted by molar-refractivity contribution is -0.129. The molecule has 1 aliphatic heterocycles. The van der Waals surface area contributed by atoms with Gasteiger partial charge in [0.05, 0.1) is 17.6 Å². The molecule has 5 rings (SSSR count). The molecule has 4 aromatic rings. The first-order chi connectivity index (χ1) is 16.8. The third-order valence-corrected chi connectivity index (χ3v) is 6.65. The summed E-state index contributed by atoms with van der Waals surface area (Å²) in [6.07, 6.45) is 3.82. The molecule has 1 fully saturated rings. The summed E-state index contributed by atoms with van der Waals surface area (Å²) in [5.74, 6) is 1.52. The maximum atomic E-state index is 11.8. The van der Waals surface area contributed by atoms with E-state index in [2.05, 4.69) is 33.0 Å². The molecule has 1 N–H and O–H groups in total. The van der Waals surface area contributed by atoms with Crippen molar-refractivity contribution in [2.24, 2.45) is 0 Å². The van der Waals surface area contributed by atoms with Gasteiger partial charge in [-0.2, -0.15) is 4.98 Å². The Morgan fingerprint density at radius 2 is 1.83 bits per heavy atom. The summed E-state index contributed by atoms with van der Waals surface area (Å²) in [6.45, 7) is 8.75. The van der Waals surface area contributed by atoms with Gasteiger partial charge in [0.1, 0.15) is 11.3 Å². The van der Waals surface area contributed by atoms with Crippen molar-refractivity contribution in [3.05, 3.63) is 48.4 Å². The van der Waals surface area contributed by atoms with Crippen LogP contribution in [0.2, 0.25) is 0 Å². The molecule has 0 unspecified atom stereocenters. The maximum absolute atomic E-state index is 11.8. The van der Waals surface area contributed by atoms with E-state index in [1.54, 1.807) is 6.92 Å². The highest BCUT2D eigenvalue weighted by Crippen LogP contribution is 2.35. The van der Waals surface area contributed by atoms with Crippen LogP contribution in [0.3, 0.4) is 0 Å². The number of carbonyl (C=O) groups excluding carboxylic acids is 1. The van der Waals surface area contributed by atoms with E-state index < -0.39 is 0 Å². The summed E-state index contributed by atoms with van der Waals surface area (Å²) in [6, 6.07) is 10.4. The van der Waals surface area contributed by atoms with Gasteiger partial charge in [0.25, 0.3) is 0 Å². The average molecular weight is 474 g/mol. The van der Waals surface area contributed by atoms with Crippen LogP contribution in [0.1, 0.15) is 32.5 Å². The number of amides is 1. The van der Waals surface area contributed by atoms with Gasteiger partial charge in [0, 0.05) is 64.0 Å². The molecule has 0 radical (unpaired) electrons. The fourth-order valence-electron chi connectivity index (χ4n) is 4.64. The molecular weight excluding hydrogens is 442 g/mol. The van der Waals surface area contributed by atoms with Gasteiger partial charge in [-0.05, 0) is 25.3 Å². The fraction of sp³-hybridized carbons (Fsp3) is 0.385. The van der Waals surface area contributed by atoms with Crippen LogP contribution in [0.15, 0.2) is 42.7 Å². The van der Waals surface area contributed by atoms with E-state index >= 15 is 0 Å². The minimum atomic E-state index is 0.0760. The molecular formula is C26H31N7O2. The largest absolute Gasteiger partial charge is 0.493 e. The minimum Gasteiger partial charge on any atom is -0.493 e. The number of hydrogen-bond donors (Lipinski definition) is 1. The van der Waals surface area contributed by atoms with Crippen LogP contribution in [0.5, 0.6) is 5.88 Å². The highest BCUT2D eigenvalue weighted by Gasteiger charge is 2.25. The molecule has 35 heavy (non-hydrogen) atoms. The third-order valence-electron chi connectivity index (χ3n) is 6.65. The Balaban J connectivity index is 1.53. The van der Waals surface area contributed by atoms with E-state index in [-0.39, 0.29) is 17.8 Å². The first kappa shape index (κ1) is 22.9. The topological polar surface area (TPSA) is 90.6 Å². The zero-order chi connectivity index (χ0) is 24.7. The third kappa shape index (κ3) is 4.34. The van der Waals surface area contributed by atoms with Crippen LogP contribution in [-0.4, -0.2) is 68.7 Å². The fourth-order valence-corrected chi connectivity index (χ4v) is 4.64. The Labute approximate surface area is 204 Å². The van der Waals surface area contributed by atoms with Gasteiger partial charge in [0.2, 0.25) is 17.7 Å². The van der Waals surface area contributed by atoms with Crippen molar-refractivity contribution in [3.8, 4) is 5.88 Å². The summed E-state index contributed by atoms with van der Waals surface area (Å²) < 4.78 is 1.82. The lowest BCUT2D eigenvalue weighted by Gasteiger charge is -2.34. The lowest BCUT2D eigenvalue weighted by Crippen LogP contribution is -2.48. The second-order valence-corrected chi connectivity index (χ2v) is 9.44. The Morgan fingerprint density at radius 3 is 2.51 bits per heavy atom. The van der Waals surface area contributed by atoms with Crippen LogP contribution in [-0.2, 0) is 11.3 Å². The molecule has 1 saturated heterocycles. The Hall–Kier alpha value is -3.88. The average Bonchev–Trinajstić information content (AvgIpc) is 3.20. The maximum Gasteiger partial charge on any atom is 0.228 e. The Morgan fingerprint density at radius 1 is 1.11 bits per heavy atom. The van der Waals surface area contributed by atoms with Crippen LogP contribution in [0.4, 0.5) is 11.8 Å². The molecule has 0 spiro atoms. The molecule has 1 aromatic carbocycles. The van der Waals surface area contributed by atoms with Crippen molar-refractivity contribution in [3.63, 3.8) is 0 Å². The monoisotopic (exact) mass is 473 g/mol. The van der Waals surface area contributed by atoms with E-state index in [0.29, 0.717) is 44.2 Å². The molecule has 1 amide bonds. The SMILES string of the molecule is CC(=O)N1CCN(c2nc(N(C)Cc3cc4ccccc4cn3)c3cn(C(C)C)c(O)c3n2)CC1. The van der Waals surface area contributed by atoms with Crippen LogP contribution in [0.25, 0.3) is 21.7 Å². The number of anilines is 2. The predicted octanol–water partition coefficient (Wildman–Crippen LogP) is 3.57. The number of pyridine rings is 1. The van der Waals surface area contributed by atoms with Crippen molar-refractivity contribution < 1.29 is 9.90 Å². The summed E-state index contributed by atoms with van der Waals surface area (Å²) >= 11 is 0. The highest BCUT2D eigenvalue weighted by atomic mass is 16.3. The van der Waals surface area contributed by atoms with Crippen molar-refractivity contribution in [1.29, 1.82) is 0 Å². The summed E-state index contributed by atoms with van der Waals surface area (Å²) in [5.41, 5.74) is 1.47. The van der Waals surface area contributed by atoms with Gasteiger partial charge in [0.15, 0.2) is 0 Å². The van der Waals surface area contributed by atoms with Crippen molar-refractivity contribution in [2.75, 3.05) is 43.0 Å². The zero-order valence-electron chi connectivity index (χ0n) is 20.6. The molecule has 1 aliphatic rings. The number of hydrogen-bond acceptors (Lipinski definition) is 7. The molecule has 0 saturated carbocycles. The van der Waals surface area contributed by atoms with E-state index in [0.717, 1.165) is 27.7 Å². The second-order valence-electron chi connectivity index (χ2n) is 9.44. The Kier molecular flexibility index (Phi) is 5.92. The smallest absolute Gasteiger partial charge is 0.228 e. The van der Waals surface area contributed by atoms with Crippen molar-refractivity contribution >= 4 is 39.3 Å². The molecule has 0 atom stereocenters. The molecule has 9 heteroatoms. The molecule has 0 aliphatic carbocycles. The van der Waals surface area contributed by atoms with Crippen molar-refractivity contribution in [1.82, 2.24) is 24.4 Å². The minimum absolute atomic E-state index is 0.0760. The van der Waals surface area contributed by atoms with E-state index in [4.69, 9.17) is 9.97 Å². The van der Waals surface area contributed by atoms with Crippen molar-refractivity contribution in [2.45, 2.75) is 33.4 Å². The van der Waals surface area contributed by atoms with E-state index in [1.165, 1.54) is 0 Å². The molecule has 182 valence electrons. The number of piperazine rings is 1. The van der Waals surface area contributed by atoms with Gasteiger partial charge < -0.3 is 24.4 Å². The molecule has 0 bridgehead atoms. The van der Waals surface area contributed by atoms with Gasteiger partial charge in [-0.25, -0.2) is 4.98 Å². The van der Waals surface area contributed by atoms with Gasteiger partial charge in [-0.1, -0.05) is 24.3 Å². The van der Waals surface area contributed by atoms with E-state index in [1.807, 2.05) is 54.9 Å². The number of aromatic nitrogens is 4. The predicted molar refractivity (Wildman–Crippen MR) is 138 cm³/mol. The number of fused-ring (bicyclic) bond motifs is 2. The van der Waals surface area contributed by atoms with Gasteiger partial charge in [-0.3, -0.25) is 9.78 Å². The van der Waals surface area contributed by atoms with Gasteiger partial charge in [-0.15, -0.1) is 0 Å². The standard InChI is InChI=1S/C26H31N7O2/c1-17(2)33-16-22-23(25(33)35)28-26(32-11-9-31(10-12-32)18(3)34)29-24(22)30(4)15-21-13-19-7-5-6-8-20(19)14-27-21/h5-8,13-14,16-17,35H,9-12,15H2,1-4H3. The molecule has 9 nitrogen and oxygen atoms in total. The summed E-state index contributed by atoms with van der Waals surface area (Å²) in [5, 5.41) is 14.0. The van der Waals surface area contributed by atoms with Crippen LogP contribution < -0.4 is 9.80 Å². The number of benzene rings is 1. The van der Waals surface area contributed by atoms with E-state index in [9.17, 15) is 9.90 Å². The Bertz CT molecular complexity index is 1390. The quantitative estimate of drug-likeness (QED) is 0.474. The summed E-state index contributed by atoms with van der Waals surface area (Å²) in [4.78, 5) is 32.1. The highest BCUT2D eigenvalue weighted by molar-refractivity contribution is 5.94. The number of rotatable bonds is 5. The zero-order valence-corrected chi connectivity index (χ0v) is 20.6. The lowest BCUT2D eigenvalue weighted by atomic mass is 10.1. The normalized spacial score (nSPS) is 14.3. The first-order valence-corrected chi connectivity index (χ1v) is 12.0. The first-order valence-electron chi connectivity index (χ1n) is 12.0. The number of aromatic hydroxyl groups is 1. The number of carbonyl (C=O) groups is 1. The van der Waals surface area contributed by atoms with Crippen LogP contribution >= 0.6 is 0 Å². The van der Waals surface area contributed by atoms with Crippen LogP contribution in [0, 0.1) is 0 Å². The summed E-state index contributed by atoms with van der Waals surface area (Å²) in [7, 11) is 1.99. The molecule has 4 heterocycles. The van der Waals surface area contributed by atoms with Gasteiger partial charge >= 0.3 is 0 Å². The number of nitrogens with zero attached hydrogens (tertiary/aromatic N) is 7. The molecule has 3 aromatic heterocycles.